The van der Waals surface area contributed by atoms with E-state index in [1.165, 1.54) is 0 Å². The van der Waals surface area contributed by atoms with Gasteiger partial charge in [-0.2, -0.15) is 0 Å². The van der Waals surface area contributed by atoms with Crippen LogP contribution in [0.25, 0.3) is 0 Å². The van der Waals surface area contributed by atoms with E-state index in [1.54, 1.807) is 24.3 Å². The first-order valence-corrected chi connectivity index (χ1v) is 4.88. The lowest BCUT2D eigenvalue weighted by Gasteiger charge is -2.01. The van der Waals surface area contributed by atoms with E-state index in [4.69, 9.17) is 9.79 Å². The molecular formula is C7H8O3P. The third-order valence-corrected chi connectivity index (χ3v) is 1.90. The summed E-state index contributed by atoms with van der Waals surface area (Å²) in [5.41, 5.74) is 0.542. The molecule has 1 aromatic carbocycles. The molecule has 0 fully saturated rings. The summed E-state index contributed by atoms with van der Waals surface area (Å²) in [5, 5.41) is 0. The quantitative estimate of drug-likeness (QED) is 0.656. The summed E-state index contributed by atoms with van der Waals surface area (Å²) >= 11 is 0. The summed E-state index contributed by atoms with van der Waals surface area (Å²) < 4.78 is 10.5. The van der Waals surface area contributed by atoms with Gasteiger partial charge in [0.15, 0.2) is 0 Å². The number of rotatable bonds is 2. The fourth-order valence-corrected chi connectivity index (χ4v) is 1.39. The smallest absolute Gasteiger partial charge is 0.324 e. The molecule has 59 valence electrons. The maximum atomic E-state index is 10.5. The summed E-state index contributed by atoms with van der Waals surface area (Å²) in [4.78, 5) is 17.1. The standard InChI is InChI=1S/C7H8O3P/c8-11(9,10)6-7-4-2-1-3-5-7/h1-4H,6H2,(H2,8,9,10). The van der Waals surface area contributed by atoms with E-state index in [1.807, 2.05) is 0 Å². The van der Waals surface area contributed by atoms with Gasteiger partial charge in [-0.05, 0) is 11.6 Å². The van der Waals surface area contributed by atoms with Crippen molar-refractivity contribution >= 4 is 7.60 Å². The second-order valence-corrected chi connectivity index (χ2v) is 3.86. The Balaban J connectivity index is 2.74. The van der Waals surface area contributed by atoms with Crippen LogP contribution in [0.4, 0.5) is 0 Å². The van der Waals surface area contributed by atoms with Gasteiger partial charge in [0.1, 0.15) is 0 Å². The Bertz CT molecular complexity index is 264. The molecule has 4 heteroatoms. The zero-order valence-corrected chi connectivity index (χ0v) is 6.66. The van der Waals surface area contributed by atoms with Gasteiger partial charge < -0.3 is 9.79 Å². The third-order valence-electron chi connectivity index (χ3n) is 1.15. The van der Waals surface area contributed by atoms with Crippen LogP contribution in [0, 0.1) is 6.07 Å². The van der Waals surface area contributed by atoms with Gasteiger partial charge in [-0.1, -0.05) is 24.3 Å². The van der Waals surface area contributed by atoms with Gasteiger partial charge in [-0.3, -0.25) is 4.57 Å². The SMILES string of the molecule is O=P(O)(O)Cc1[c]cccc1. The first-order chi connectivity index (χ1) is 5.08. The van der Waals surface area contributed by atoms with Crippen LogP contribution in [0.5, 0.6) is 0 Å². The number of benzene rings is 1. The highest BCUT2D eigenvalue weighted by Gasteiger charge is 2.12. The molecule has 1 radical (unpaired) electrons. The molecule has 0 amide bonds. The average Bonchev–Trinajstić information content (AvgIpc) is 1.85. The average molecular weight is 171 g/mol. The molecule has 0 spiro atoms. The van der Waals surface area contributed by atoms with Crippen molar-refractivity contribution in [1.29, 1.82) is 0 Å². The molecule has 2 N–H and O–H groups in total. The number of hydrogen-bond donors (Lipinski definition) is 2. The largest absolute Gasteiger partial charge is 0.329 e. The molecule has 11 heavy (non-hydrogen) atoms. The van der Waals surface area contributed by atoms with E-state index in [2.05, 4.69) is 6.07 Å². The van der Waals surface area contributed by atoms with Crippen LogP contribution in [0.3, 0.4) is 0 Å². The summed E-state index contributed by atoms with van der Waals surface area (Å²) in [7, 11) is -3.92. The van der Waals surface area contributed by atoms with Gasteiger partial charge >= 0.3 is 7.60 Å². The Morgan fingerprint density at radius 2 is 2.18 bits per heavy atom. The van der Waals surface area contributed by atoms with Gasteiger partial charge in [0.25, 0.3) is 0 Å². The topological polar surface area (TPSA) is 57.5 Å². The van der Waals surface area contributed by atoms with E-state index >= 15 is 0 Å². The zero-order valence-electron chi connectivity index (χ0n) is 5.77. The fraction of sp³-hybridized carbons (Fsp3) is 0.143. The molecule has 0 atom stereocenters. The molecule has 0 saturated carbocycles. The lowest BCUT2D eigenvalue weighted by Crippen LogP contribution is -1.85. The van der Waals surface area contributed by atoms with Crippen molar-refractivity contribution in [1.82, 2.24) is 0 Å². The highest BCUT2D eigenvalue weighted by Crippen LogP contribution is 2.38. The molecule has 0 aliphatic heterocycles. The van der Waals surface area contributed by atoms with Crippen LogP contribution >= 0.6 is 7.60 Å². The summed E-state index contributed by atoms with van der Waals surface area (Å²) in [6.45, 7) is 0. The molecule has 1 aromatic rings. The molecule has 0 aliphatic rings. The Labute approximate surface area is 64.8 Å². The first-order valence-electron chi connectivity index (χ1n) is 3.08. The molecule has 1 rings (SSSR count). The monoisotopic (exact) mass is 171 g/mol. The van der Waals surface area contributed by atoms with E-state index in [9.17, 15) is 4.57 Å². The Morgan fingerprint density at radius 3 is 2.64 bits per heavy atom. The van der Waals surface area contributed by atoms with Gasteiger partial charge in [-0.25, -0.2) is 0 Å². The second kappa shape index (κ2) is 3.18. The van der Waals surface area contributed by atoms with Crippen molar-refractivity contribution in [3.05, 3.63) is 35.9 Å². The predicted octanol–water partition coefficient (Wildman–Crippen LogP) is 1.16. The van der Waals surface area contributed by atoms with Crippen molar-refractivity contribution < 1.29 is 14.4 Å². The Kier molecular flexibility index (Phi) is 2.45. The van der Waals surface area contributed by atoms with Crippen LogP contribution in [0.15, 0.2) is 24.3 Å². The van der Waals surface area contributed by atoms with E-state index < -0.39 is 7.60 Å². The fourth-order valence-electron chi connectivity index (χ4n) is 0.751. The lowest BCUT2D eigenvalue weighted by atomic mass is 10.2. The summed E-state index contributed by atoms with van der Waals surface area (Å²) in [5.74, 6) is 0. The maximum Gasteiger partial charge on any atom is 0.329 e. The van der Waals surface area contributed by atoms with Crippen molar-refractivity contribution in [2.24, 2.45) is 0 Å². The van der Waals surface area contributed by atoms with Crippen molar-refractivity contribution in [3.63, 3.8) is 0 Å². The maximum absolute atomic E-state index is 10.5. The Hall–Kier alpha value is -0.630. The zero-order chi connectivity index (χ0) is 8.32. The predicted molar refractivity (Wildman–Crippen MR) is 41.0 cm³/mol. The van der Waals surface area contributed by atoms with Gasteiger partial charge in [0.05, 0.1) is 6.16 Å². The van der Waals surface area contributed by atoms with Crippen molar-refractivity contribution in [2.75, 3.05) is 0 Å². The first kappa shape index (κ1) is 8.47. The third kappa shape index (κ3) is 3.33. The normalized spacial score (nSPS) is 11.5. The summed E-state index contributed by atoms with van der Waals surface area (Å²) in [6, 6.07) is 9.48. The van der Waals surface area contributed by atoms with E-state index in [0.29, 0.717) is 5.56 Å². The molecule has 0 aromatic heterocycles. The van der Waals surface area contributed by atoms with Gasteiger partial charge in [-0.15, -0.1) is 0 Å². The highest BCUT2D eigenvalue weighted by molar-refractivity contribution is 7.50. The lowest BCUT2D eigenvalue weighted by molar-refractivity contribution is 0.371. The van der Waals surface area contributed by atoms with Crippen molar-refractivity contribution in [3.8, 4) is 0 Å². The number of hydrogen-bond acceptors (Lipinski definition) is 1. The molecule has 0 heterocycles. The summed E-state index contributed by atoms with van der Waals surface area (Å²) in [6.07, 6.45) is -0.228. The van der Waals surface area contributed by atoms with Crippen molar-refractivity contribution in [2.45, 2.75) is 6.16 Å². The second-order valence-electron chi connectivity index (χ2n) is 2.21. The minimum absolute atomic E-state index is 0.228. The highest BCUT2D eigenvalue weighted by atomic mass is 31.2. The van der Waals surface area contributed by atoms with Crippen LogP contribution in [0.2, 0.25) is 0 Å². The molecule has 0 saturated heterocycles. The van der Waals surface area contributed by atoms with E-state index in [0.717, 1.165) is 0 Å². The van der Waals surface area contributed by atoms with Gasteiger partial charge in [0, 0.05) is 0 Å². The van der Waals surface area contributed by atoms with Gasteiger partial charge in [0.2, 0.25) is 0 Å². The van der Waals surface area contributed by atoms with Crippen LogP contribution < -0.4 is 0 Å². The van der Waals surface area contributed by atoms with Crippen LogP contribution in [0.1, 0.15) is 5.56 Å². The molecule has 3 nitrogen and oxygen atoms in total. The molecule has 0 unspecified atom stereocenters. The molecule has 0 bridgehead atoms. The minimum Gasteiger partial charge on any atom is -0.324 e. The van der Waals surface area contributed by atoms with E-state index in [-0.39, 0.29) is 6.16 Å². The van der Waals surface area contributed by atoms with Crippen LogP contribution in [-0.2, 0) is 10.7 Å². The molecular weight excluding hydrogens is 163 g/mol. The minimum atomic E-state index is -3.92. The van der Waals surface area contributed by atoms with Crippen LogP contribution in [-0.4, -0.2) is 9.79 Å². The Morgan fingerprint density at radius 1 is 1.45 bits per heavy atom. The molecule has 0 aliphatic carbocycles.